The molecule has 0 unspecified atom stereocenters. The molecule has 0 atom stereocenters. The number of ether oxygens (including phenoxy) is 2. The van der Waals surface area contributed by atoms with E-state index in [4.69, 9.17) is 9.47 Å². The molecule has 1 fully saturated rings. The van der Waals surface area contributed by atoms with Crippen LogP contribution in [0, 0.1) is 18.6 Å². The Morgan fingerprint density at radius 3 is 2.52 bits per heavy atom. The van der Waals surface area contributed by atoms with Crippen molar-refractivity contribution in [2.45, 2.75) is 38.4 Å². The zero-order chi connectivity index (χ0) is 28.6. The predicted octanol–water partition coefficient (Wildman–Crippen LogP) is 5.46. The summed E-state index contributed by atoms with van der Waals surface area (Å²) >= 11 is 0. The highest BCUT2D eigenvalue weighted by Crippen LogP contribution is 2.33. The number of amides is 1. The second-order valence-electron chi connectivity index (χ2n) is 9.40. The molecule has 2 heterocycles. The minimum Gasteiger partial charge on any atom is -0.494 e. The van der Waals surface area contributed by atoms with Crippen molar-refractivity contribution in [3.05, 3.63) is 65.4 Å². The molecule has 40 heavy (non-hydrogen) atoms. The van der Waals surface area contributed by atoms with Crippen LogP contribution in [0.3, 0.4) is 0 Å². The first-order valence-corrected chi connectivity index (χ1v) is 12.4. The number of nitrogens with zero attached hydrogens (tertiary/aromatic N) is 2. The Morgan fingerprint density at radius 2 is 1.85 bits per heavy atom. The largest absolute Gasteiger partial charge is 0.494 e. The van der Waals surface area contributed by atoms with Crippen molar-refractivity contribution in [3.63, 3.8) is 0 Å². The number of hydrogen-bond donors (Lipinski definition) is 2. The van der Waals surface area contributed by atoms with Crippen LogP contribution in [0.1, 0.15) is 35.2 Å². The smallest absolute Gasteiger partial charge is 0.390 e. The minimum atomic E-state index is -4.39. The molecule has 8 nitrogen and oxygen atoms in total. The summed E-state index contributed by atoms with van der Waals surface area (Å²) in [4.78, 5) is 15.5. The van der Waals surface area contributed by atoms with E-state index in [1.54, 1.807) is 31.3 Å². The number of benzene rings is 2. The Bertz CT molecular complexity index is 1580. The summed E-state index contributed by atoms with van der Waals surface area (Å²) in [6.45, 7) is 1.34. The van der Waals surface area contributed by atoms with Crippen LogP contribution in [-0.4, -0.2) is 41.4 Å². The van der Waals surface area contributed by atoms with E-state index in [1.807, 2.05) is 0 Å². The Labute approximate surface area is 225 Å². The van der Waals surface area contributed by atoms with E-state index in [0.717, 1.165) is 18.9 Å². The van der Waals surface area contributed by atoms with Gasteiger partial charge in [-0.1, -0.05) is 4.52 Å². The molecule has 0 aliphatic heterocycles. The van der Waals surface area contributed by atoms with Gasteiger partial charge < -0.3 is 20.1 Å². The van der Waals surface area contributed by atoms with Crippen LogP contribution in [0.15, 0.2) is 42.6 Å². The highest BCUT2D eigenvalue weighted by Gasteiger charge is 2.28. The van der Waals surface area contributed by atoms with Gasteiger partial charge in [-0.3, -0.25) is 4.79 Å². The number of rotatable bonds is 9. The Kier molecular flexibility index (Phi) is 7.21. The fourth-order valence-corrected chi connectivity index (χ4v) is 4.16. The number of halogens is 5. The Balaban J connectivity index is 1.53. The van der Waals surface area contributed by atoms with E-state index in [-0.39, 0.29) is 29.3 Å². The van der Waals surface area contributed by atoms with Crippen molar-refractivity contribution in [2.75, 3.05) is 19.0 Å². The number of methoxy groups -OCH3 is 1. The van der Waals surface area contributed by atoms with E-state index in [2.05, 4.69) is 20.7 Å². The lowest BCUT2D eigenvalue weighted by Gasteiger charge is -2.11. The fourth-order valence-electron chi connectivity index (χ4n) is 4.16. The number of hydrogen-bond acceptors (Lipinski definition) is 5. The topological polar surface area (TPSA) is 91.0 Å². The van der Waals surface area contributed by atoms with Crippen LogP contribution in [0.5, 0.6) is 17.4 Å². The maximum absolute atomic E-state index is 14.6. The number of nitrogens with one attached hydrogen (secondary N) is 3. The molecule has 0 spiro atoms. The van der Waals surface area contributed by atoms with Gasteiger partial charge in [-0.2, -0.15) is 22.0 Å². The van der Waals surface area contributed by atoms with Crippen LogP contribution in [0.4, 0.5) is 27.6 Å². The number of alkyl halides is 3. The number of imidazole rings is 1. The van der Waals surface area contributed by atoms with E-state index < -0.39 is 36.5 Å². The molecule has 1 aliphatic carbocycles. The van der Waals surface area contributed by atoms with Gasteiger partial charge in [0.25, 0.3) is 11.8 Å². The molecular weight excluding hydrogens is 537 g/mol. The fraction of sp³-hybridized carbons (Fsp3) is 0.296. The lowest BCUT2D eigenvalue weighted by atomic mass is 10.0. The SMILES string of the molecule is COc1ccc(Oc2cc(NCCC(F)(F)F)c3[nH+]cc(-c4ccc(C(=O)NC5CC5)c(C)c4)n3n2)c(F)c1F. The second-order valence-corrected chi connectivity index (χ2v) is 9.40. The number of aryl methyl sites for hydroxylation is 1. The van der Waals surface area contributed by atoms with Gasteiger partial charge in [0.05, 0.1) is 13.5 Å². The molecule has 2 aromatic heterocycles. The predicted molar refractivity (Wildman–Crippen MR) is 135 cm³/mol. The molecular formula is C27H25F5N5O3+. The summed E-state index contributed by atoms with van der Waals surface area (Å²) in [5, 5.41) is 10.0. The summed E-state index contributed by atoms with van der Waals surface area (Å²) < 4.78 is 78.9. The van der Waals surface area contributed by atoms with E-state index in [1.165, 1.54) is 23.8 Å². The monoisotopic (exact) mass is 562 g/mol. The van der Waals surface area contributed by atoms with Gasteiger partial charge in [0.2, 0.25) is 17.3 Å². The molecule has 1 amide bonds. The van der Waals surface area contributed by atoms with E-state index in [9.17, 15) is 26.7 Å². The lowest BCUT2D eigenvalue weighted by Crippen LogP contribution is -2.26. The third-order valence-corrected chi connectivity index (χ3v) is 6.36. The van der Waals surface area contributed by atoms with Gasteiger partial charge in [-0.15, -0.1) is 0 Å². The molecule has 1 saturated carbocycles. The van der Waals surface area contributed by atoms with Crippen LogP contribution in [-0.2, 0) is 0 Å². The third-order valence-electron chi connectivity index (χ3n) is 6.36. The average molecular weight is 563 g/mol. The Morgan fingerprint density at radius 1 is 1.12 bits per heavy atom. The van der Waals surface area contributed by atoms with Gasteiger partial charge in [-0.25, -0.2) is 4.98 Å². The number of anilines is 1. The average Bonchev–Trinajstić information content (AvgIpc) is 3.61. The molecule has 13 heteroatoms. The summed E-state index contributed by atoms with van der Waals surface area (Å²) in [6, 6.07) is 8.98. The summed E-state index contributed by atoms with van der Waals surface area (Å²) in [5.41, 5.74) is 2.84. The first kappa shape index (κ1) is 27.2. The number of carbonyl (C=O) groups excluding carboxylic acids is 1. The molecule has 0 radical (unpaired) electrons. The van der Waals surface area contributed by atoms with Gasteiger partial charge in [0.1, 0.15) is 11.9 Å². The van der Waals surface area contributed by atoms with Gasteiger partial charge in [-0.05, 0) is 60.8 Å². The van der Waals surface area contributed by atoms with E-state index in [0.29, 0.717) is 28.0 Å². The third kappa shape index (κ3) is 5.77. The van der Waals surface area contributed by atoms with Crippen molar-refractivity contribution in [3.8, 4) is 28.6 Å². The first-order valence-electron chi connectivity index (χ1n) is 12.4. The molecule has 0 saturated heterocycles. The summed E-state index contributed by atoms with van der Waals surface area (Å²) in [5.74, 6) is -3.78. The second kappa shape index (κ2) is 10.6. The highest BCUT2D eigenvalue weighted by molar-refractivity contribution is 5.96. The molecule has 4 aromatic rings. The number of aromatic nitrogens is 3. The van der Waals surface area contributed by atoms with Crippen molar-refractivity contribution in [1.29, 1.82) is 0 Å². The standard InChI is InChI=1S/C27H24F5N5O3/c1-14-11-15(3-6-17(14)26(38)35-16-4-5-16)19-13-34-25-18(33-10-9-27(30,31)32)12-22(36-37(19)25)40-21-8-7-20(39-2)23(28)24(21)29/h3,6-8,11-13,16,33H,4-5,9-10H2,1-2H3,(H,35,38)/p+1. The molecule has 210 valence electrons. The number of aromatic amines is 1. The van der Waals surface area contributed by atoms with Gasteiger partial charge in [0.15, 0.2) is 11.5 Å². The molecule has 5 rings (SSSR count). The van der Waals surface area contributed by atoms with Crippen LogP contribution >= 0.6 is 0 Å². The summed E-state index contributed by atoms with van der Waals surface area (Å²) in [6.07, 6.45) is -1.99. The van der Waals surface area contributed by atoms with E-state index >= 15 is 0 Å². The quantitative estimate of drug-likeness (QED) is 0.265. The van der Waals surface area contributed by atoms with Gasteiger partial charge >= 0.3 is 11.8 Å². The number of H-pyrrole nitrogens is 1. The molecule has 3 N–H and O–H groups in total. The van der Waals surface area contributed by atoms with Crippen LogP contribution in [0.25, 0.3) is 16.9 Å². The van der Waals surface area contributed by atoms with Crippen molar-refractivity contribution >= 4 is 17.2 Å². The number of carbonyl (C=O) groups is 1. The molecule has 1 aliphatic rings. The maximum Gasteiger partial charge on any atom is 0.390 e. The minimum absolute atomic E-state index is 0.170. The van der Waals surface area contributed by atoms with Crippen LogP contribution < -0.4 is 25.1 Å². The Hall–Kier alpha value is -4.42. The van der Waals surface area contributed by atoms with Crippen molar-refractivity contribution in [2.24, 2.45) is 0 Å². The van der Waals surface area contributed by atoms with Crippen LogP contribution in [0.2, 0.25) is 0 Å². The number of fused-ring (bicyclic) bond motifs is 1. The zero-order valence-electron chi connectivity index (χ0n) is 21.5. The normalized spacial score (nSPS) is 13.4. The highest BCUT2D eigenvalue weighted by atomic mass is 19.4. The summed E-state index contributed by atoms with van der Waals surface area (Å²) in [7, 11) is 1.19. The van der Waals surface area contributed by atoms with Gasteiger partial charge in [0, 0.05) is 29.8 Å². The maximum atomic E-state index is 14.6. The zero-order valence-corrected chi connectivity index (χ0v) is 21.5. The lowest BCUT2D eigenvalue weighted by molar-refractivity contribution is -0.343. The molecule has 0 bridgehead atoms. The van der Waals surface area contributed by atoms with Crippen molar-refractivity contribution < 1.29 is 41.2 Å². The van der Waals surface area contributed by atoms with Crippen molar-refractivity contribution in [1.82, 2.24) is 14.9 Å². The molecule has 2 aromatic carbocycles. The first-order chi connectivity index (χ1) is 19.0.